The van der Waals surface area contributed by atoms with E-state index in [1.807, 2.05) is 41.1 Å². The van der Waals surface area contributed by atoms with E-state index in [0.717, 1.165) is 12.0 Å². The molecule has 0 unspecified atom stereocenters. The van der Waals surface area contributed by atoms with Crippen molar-refractivity contribution < 1.29 is 14.1 Å². The van der Waals surface area contributed by atoms with Gasteiger partial charge in [0.2, 0.25) is 11.7 Å². The van der Waals surface area contributed by atoms with Gasteiger partial charge in [-0.05, 0) is 35.6 Å². The standard InChI is InChI=1S/C21H19N7O3S/c1-2-13-3-5-15(6-4-13)22-16(29)11-27-8-9-28-18(21(27)30)17(24-26-28)20-23-19(25-31-20)14-7-10-32-12-14/h3-7,10,12H,2,8-9,11H2,1H3,(H,22,29). The second kappa shape index (κ2) is 8.35. The SMILES string of the molecule is CCc1ccc(NC(=O)CN2CCn3nnc(-c4nc(-c5ccsc5)no4)c3C2=O)cc1. The Morgan fingerprint density at radius 1 is 1.22 bits per heavy atom. The van der Waals surface area contributed by atoms with Crippen LogP contribution in [-0.2, 0) is 17.8 Å². The van der Waals surface area contributed by atoms with Crippen LogP contribution < -0.4 is 5.32 Å². The summed E-state index contributed by atoms with van der Waals surface area (Å²) in [6.07, 6.45) is 0.926. The van der Waals surface area contributed by atoms with Gasteiger partial charge in [0.1, 0.15) is 6.54 Å². The fraction of sp³-hybridized carbons (Fsp3) is 0.238. The maximum absolute atomic E-state index is 13.1. The van der Waals surface area contributed by atoms with Crippen LogP contribution in [0.5, 0.6) is 0 Å². The van der Waals surface area contributed by atoms with E-state index < -0.39 is 0 Å². The fourth-order valence-electron chi connectivity index (χ4n) is 3.47. The number of nitrogens with zero attached hydrogens (tertiary/aromatic N) is 6. The van der Waals surface area contributed by atoms with E-state index in [0.29, 0.717) is 24.6 Å². The molecule has 0 spiro atoms. The van der Waals surface area contributed by atoms with E-state index >= 15 is 0 Å². The molecular weight excluding hydrogens is 430 g/mol. The maximum Gasteiger partial charge on any atom is 0.281 e. The Labute approximate surface area is 186 Å². The zero-order valence-corrected chi connectivity index (χ0v) is 18.0. The molecule has 0 fully saturated rings. The third kappa shape index (κ3) is 3.78. The second-order valence-electron chi connectivity index (χ2n) is 7.27. The van der Waals surface area contributed by atoms with Gasteiger partial charge >= 0.3 is 0 Å². The van der Waals surface area contributed by atoms with Crippen molar-refractivity contribution in [2.75, 3.05) is 18.4 Å². The zero-order chi connectivity index (χ0) is 22.1. The van der Waals surface area contributed by atoms with Crippen LogP contribution in [0.2, 0.25) is 0 Å². The molecule has 10 nitrogen and oxygen atoms in total. The summed E-state index contributed by atoms with van der Waals surface area (Å²) in [6.45, 7) is 2.75. The predicted molar refractivity (Wildman–Crippen MR) is 117 cm³/mol. The first kappa shape index (κ1) is 20.1. The van der Waals surface area contributed by atoms with E-state index in [4.69, 9.17) is 4.52 Å². The summed E-state index contributed by atoms with van der Waals surface area (Å²) in [5.41, 5.74) is 3.14. The van der Waals surface area contributed by atoms with Crippen molar-refractivity contribution in [3.05, 3.63) is 52.3 Å². The fourth-order valence-corrected chi connectivity index (χ4v) is 4.10. The molecular formula is C21H19N7O3S. The van der Waals surface area contributed by atoms with Crippen molar-refractivity contribution in [2.24, 2.45) is 0 Å². The Kier molecular flexibility index (Phi) is 5.23. The Morgan fingerprint density at radius 3 is 2.81 bits per heavy atom. The summed E-state index contributed by atoms with van der Waals surface area (Å²) in [4.78, 5) is 31.5. The first-order chi connectivity index (χ1) is 15.6. The highest BCUT2D eigenvalue weighted by Crippen LogP contribution is 2.26. The third-order valence-electron chi connectivity index (χ3n) is 5.20. The number of hydrogen-bond acceptors (Lipinski definition) is 8. The molecule has 5 rings (SSSR count). The molecule has 3 aromatic heterocycles. The van der Waals surface area contributed by atoms with Gasteiger partial charge in [0.15, 0.2) is 11.4 Å². The molecule has 2 amide bonds. The van der Waals surface area contributed by atoms with Gasteiger partial charge in [0.25, 0.3) is 11.8 Å². The summed E-state index contributed by atoms with van der Waals surface area (Å²) >= 11 is 1.52. The Balaban J connectivity index is 1.32. The average Bonchev–Trinajstić information content (AvgIpc) is 3.56. The highest BCUT2D eigenvalue weighted by atomic mass is 32.1. The minimum absolute atomic E-state index is 0.0804. The largest absolute Gasteiger partial charge is 0.332 e. The minimum Gasteiger partial charge on any atom is -0.332 e. The van der Waals surface area contributed by atoms with Crippen molar-refractivity contribution >= 4 is 28.8 Å². The number of anilines is 1. The molecule has 162 valence electrons. The van der Waals surface area contributed by atoms with Crippen LogP contribution >= 0.6 is 11.3 Å². The van der Waals surface area contributed by atoms with Crippen molar-refractivity contribution in [2.45, 2.75) is 19.9 Å². The molecule has 1 aliphatic rings. The molecule has 0 aliphatic carbocycles. The molecule has 0 radical (unpaired) electrons. The summed E-state index contributed by atoms with van der Waals surface area (Å²) in [6, 6.07) is 9.51. The lowest BCUT2D eigenvalue weighted by Gasteiger charge is -2.26. The Bertz CT molecular complexity index is 1260. The first-order valence-electron chi connectivity index (χ1n) is 10.1. The smallest absolute Gasteiger partial charge is 0.281 e. The number of fused-ring (bicyclic) bond motifs is 1. The number of aryl methyl sites for hydroxylation is 1. The quantitative estimate of drug-likeness (QED) is 0.481. The van der Waals surface area contributed by atoms with E-state index in [-0.39, 0.29) is 35.6 Å². The number of carbonyl (C=O) groups excluding carboxylic acids is 2. The van der Waals surface area contributed by atoms with Crippen LogP contribution in [0.3, 0.4) is 0 Å². The first-order valence-corrected chi connectivity index (χ1v) is 11.0. The highest BCUT2D eigenvalue weighted by Gasteiger charge is 2.33. The van der Waals surface area contributed by atoms with E-state index in [1.54, 1.807) is 0 Å². The number of nitrogens with one attached hydrogen (secondary N) is 1. The molecule has 0 saturated carbocycles. The Morgan fingerprint density at radius 2 is 2.06 bits per heavy atom. The van der Waals surface area contributed by atoms with E-state index in [1.165, 1.54) is 26.5 Å². The number of rotatable bonds is 6. The lowest BCUT2D eigenvalue weighted by atomic mass is 10.1. The summed E-state index contributed by atoms with van der Waals surface area (Å²) in [5.74, 6) is -0.106. The van der Waals surface area contributed by atoms with E-state index in [9.17, 15) is 9.59 Å². The van der Waals surface area contributed by atoms with Crippen LogP contribution in [0.1, 0.15) is 23.0 Å². The number of hydrogen-bond donors (Lipinski definition) is 1. The summed E-state index contributed by atoms with van der Waals surface area (Å²) < 4.78 is 6.84. The maximum atomic E-state index is 13.1. The van der Waals surface area contributed by atoms with Crippen LogP contribution in [0.25, 0.3) is 23.0 Å². The number of amides is 2. The van der Waals surface area contributed by atoms with Crippen molar-refractivity contribution in [3.8, 4) is 23.0 Å². The normalized spacial score (nSPS) is 13.3. The topological polar surface area (TPSA) is 119 Å². The average molecular weight is 449 g/mol. The van der Waals surface area contributed by atoms with Crippen molar-refractivity contribution in [3.63, 3.8) is 0 Å². The monoisotopic (exact) mass is 449 g/mol. The van der Waals surface area contributed by atoms with Crippen LogP contribution in [0.4, 0.5) is 5.69 Å². The van der Waals surface area contributed by atoms with Crippen LogP contribution in [-0.4, -0.2) is 54.9 Å². The van der Waals surface area contributed by atoms with Gasteiger partial charge in [-0.3, -0.25) is 9.59 Å². The number of thiophene rings is 1. The van der Waals surface area contributed by atoms with Crippen LogP contribution in [0, 0.1) is 0 Å². The van der Waals surface area contributed by atoms with Gasteiger partial charge < -0.3 is 14.7 Å². The highest BCUT2D eigenvalue weighted by molar-refractivity contribution is 7.08. The predicted octanol–water partition coefficient (Wildman–Crippen LogP) is 2.71. The second-order valence-corrected chi connectivity index (χ2v) is 8.05. The van der Waals surface area contributed by atoms with Crippen molar-refractivity contribution in [1.29, 1.82) is 0 Å². The summed E-state index contributed by atoms with van der Waals surface area (Å²) in [5, 5.41) is 18.7. The molecule has 11 heteroatoms. The van der Waals surface area contributed by atoms with E-state index in [2.05, 4.69) is 32.7 Å². The zero-order valence-electron chi connectivity index (χ0n) is 17.2. The molecule has 0 bridgehead atoms. The van der Waals surface area contributed by atoms with Gasteiger partial charge in [-0.25, -0.2) is 4.68 Å². The number of benzene rings is 1. The number of aromatic nitrogens is 5. The van der Waals surface area contributed by atoms with Gasteiger partial charge in [0, 0.05) is 23.2 Å². The van der Waals surface area contributed by atoms with Gasteiger partial charge in [0.05, 0.1) is 6.54 Å². The van der Waals surface area contributed by atoms with Crippen molar-refractivity contribution in [1.82, 2.24) is 30.0 Å². The minimum atomic E-state index is -0.358. The number of carbonyl (C=O) groups is 2. The lowest BCUT2D eigenvalue weighted by molar-refractivity contribution is -0.117. The van der Waals surface area contributed by atoms with Gasteiger partial charge in [-0.1, -0.05) is 29.4 Å². The van der Waals surface area contributed by atoms with Gasteiger partial charge in [-0.2, -0.15) is 16.3 Å². The molecule has 4 aromatic rings. The molecule has 0 atom stereocenters. The molecule has 1 aromatic carbocycles. The molecule has 1 aliphatic heterocycles. The Hall–Kier alpha value is -3.86. The van der Waals surface area contributed by atoms with Crippen LogP contribution in [0.15, 0.2) is 45.6 Å². The molecule has 32 heavy (non-hydrogen) atoms. The molecule has 0 saturated heterocycles. The summed E-state index contributed by atoms with van der Waals surface area (Å²) in [7, 11) is 0. The third-order valence-corrected chi connectivity index (χ3v) is 5.88. The molecule has 4 heterocycles. The lowest BCUT2D eigenvalue weighted by Crippen LogP contribution is -2.44. The molecule has 1 N–H and O–H groups in total. The van der Waals surface area contributed by atoms with Gasteiger partial charge in [-0.15, -0.1) is 5.10 Å².